The second-order valence-electron chi connectivity index (χ2n) is 22.9. The van der Waals surface area contributed by atoms with Crippen molar-refractivity contribution in [1.29, 1.82) is 0 Å². The number of para-hydroxylation sites is 2. The summed E-state index contributed by atoms with van der Waals surface area (Å²) in [5.74, 6) is 14.1. The van der Waals surface area contributed by atoms with Crippen molar-refractivity contribution in [3.8, 4) is 23.7 Å². The van der Waals surface area contributed by atoms with E-state index in [4.69, 9.17) is 9.98 Å². The van der Waals surface area contributed by atoms with Gasteiger partial charge in [0.05, 0.1) is 22.8 Å². The molecule has 77 heavy (non-hydrogen) atoms. The standard InChI is InChI=1S/C74H122N2.Ni/c1-5-9-13-16-19-22-25-28-31-34-36-39-42-45-48-51-54-61-69-63-57-59-66-71(69)75-73(65-12-8-4)74(68-56-53-50-47-44-41-38-33-30-27-24-21-18-15-11-7-3)76-72-67-60-58-64-70(72)62-55-52-49-46-43-40-37-35-32-29-26-23-20-17-14-10-6-2;/h56-60,63-64,66-68H,5-44,47,50-55,61-62,65H2,1-4H3;/b68-56+,75-73?,76-74?;. The van der Waals surface area contributed by atoms with E-state index in [2.05, 4.69) is 112 Å². The first kappa shape index (κ1) is 72.1. The van der Waals surface area contributed by atoms with Gasteiger partial charge in [-0.2, -0.15) is 0 Å². The van der Waals surface area contributed by atoms with Gasteiger partial charge in [-0.15, -0.1) is 23.7 Å². The van der Waals surface area contributed by atoms with Crippen LogP contribution in [0.1, 0.15) is 347 Å². The van der Waals surface area contributed by atoms with Crippen LogP contribution in [0.15, 0.2) is 70.7 Å². The molecule has 0 aliphatic carbocycles. The Hall–Kier alpha value is -2.87. The molecule has 2 rings (SSSR count). The van der Waals surface area contributed by atoms with Crippen molar-refractivity contribution in [2.45, 2.75) is 349 Å². The molecule has 0 saturated carbocycles. The number of benzene rings is 2. The van der Waals surface area contributed by atoms with Crippen LogP contribution in [0.4, 0.5) is 11.4 Å². The fourth-order valence-corrected chi connectivity index (χ4v) is 10.6. The summed E-state index contributed by atoms with van der Waals surface area (Å²) in [5.41, 5.74) is 6.98. The molecule has 0 aliphatic heterocycles. The fourth-order valence-electron chi connectivity index (χ4n) is 10.6. The Balaban J connectivity index is 0.0000296. The maximum atomic E-state index is 5.54. The SMILES string of the molecule is CCCCCCCCCCCCCCC#CCCCc1ccccc1N=C(/C=C/CCCCCCCCCCCCCCCC)C(CCCC)=Nc1ccccc1CCCC#CCCCCCCCCCCCCCC.[Ni]. The number of aryl methyl sites for hydroxylation is 2. The molecular formula is C74H122N2Ni. The predicted molar refractivity (Wildman–Crippen MR) is 343 cm³/mol. The first-order valence-electron chi connectivity index (χ1n) is 33.6. The molecule has 0 aromatic heterocycles. The number of unbranched alkanes of at least 4 members (excludes halogenated alkanes) is 41. The van der Waals surface area contributed by atoms with Crippen molar-refractivity contribution in [2.24, 2.45) is 9.98 Å². The molecule has 2 aromatic carbocycles. The van der Waals surface area contributed by atoms with Gasteiger partial charge in [-0.1, -0.05) is 301 Å². The van der Waals surface area contributed by atoms with Gasteiger partial charge in [-0.05, 0) is 93.5 Å². The van der Waals surface area contributed by atoms with Gasteiger partial charge >= 0.3 is 0 Å². The zero-order valence-corrected chi connectivity index (χ0v) is 52.3. The average molecular weight is 1100 g/mol. The molecule has 0 saturated heterocycles. The molecule has 3 heteroatoms. The van der Waals surface area contributed by atoms with Crippen LogP contribution < -0.4 is 0 Å². The van der Waals surface area contributed by atoms with Crippen LogP contribution >= 0.6 is 0 Å². The normalized spacial score (nSPS) is 11.7. The smallest absolute Gasteiger partial charge is 0.0848 e. The van der Waals surface area contributed by atoms with Crippen molar-refractivity contribution >= 4 is 22.8 Å². The second kappa shape index (κ2) is 57.8. The fraction of sp³-hybridized carbons (Fsp3) is 0.730. The van der Waals surface area contributed by atoms with E-state index >= 15 is 0 Å². The molecule has 0 unspecified atom stereocenters. The van der Waals surface area contributed by atoms with E-state index < -0.39 is 0 Å². The number of allylic oxidation sites excluding steroid dienone is 2. The zero-order valence-electron chi connectivity index (χ0n) is 51.3. The predicted octanol–water partition coefficient (Wildman–Crippen LogP) is 25.0. The van der Waals surface area contributed by atoms with Crippen molar-refractivity contribution < 1.29 is 16.5 Å². The maximum Gasteiger partial charge on any atom is 0.0848 e. The van der Waals surface area contributed by atoms with Gasteiger partial charge in [0, 0.05) is 42.2 Å². The van der Waals surface area contributed by atoms with Crippen LogP contribution in [0.2, 0.25) is 0 Å². The summed E-state index contributed by atoms with van der Waals surface area (Å²) in [6.45, 7) is 9.21. The van der Waals surface area contributed by atoms with Crippen LogP contribution in [-0.4, -0.2) is 11.4 Å². The summed E-state index contributed by atoms with van der Waals surface area (Å²) < 4.78 is 0. The van der Waals surface area contributed by atoms with Crippen LogP contribution in [0.25, 0.3) is 0 Å². The monoisotopic (exact) mass is 1100 g/mol. The summed E-state index contributed by atoms with van der Waals surface area (Å²) >= 11 is 0. The molecule has 0 atom stereocenters. The number of nitrogens with zero attached hydrogens (tertiary/aromatic N) is 2. The molecule has 2 nitrogen and oxygen atoms in total. The summed E-state index contributed by atoms with van der Waals surface area (Å²) in [5, 5.41) is 0. The number of aliphatic imine (C=N–C) groups is 2. The largest absolute Gasteiger partial charge is 0.251 e. The quantitative estimate of drug-likeness (QED) is 0.0273. The van der Waals surface area contributed by atoms with Gasteiger partial charge in [0.2, 0.25) is 0 Å². The Morgan fingerprint density at radius 1 is 0.338 bits per heavy atom. The number of rotatable bonds is 52. The molecule has 0 radical (unpaired) electrons. The van der Waals surface area contributed by atoms with Gasteiger partial charge in [0.1, 0.15) is 0 Å². The third kappa shape index (κ3) is 44.6. The van der Waals surface area contributed by atoms with Crippen LogP contribution in [0.5, 0.6) is 0 Å². The van der Waals surface area contributed by atoms with Crippen molar-refractivity contribution in [1.82, 2.24) is 0 Å². The Bertz CT molecular complexity index is 1810. The molecule has 0 fully saturated rings. The Morgan fingerprint density at radius 3 is 1.00 bits per heavy atom. The summed E-state index contributed by atoms with van der Waals surface area (Å²) in [7, 11) is 0. The molecule has 0 bridgehead atoms. The zero-order chi connectivity index (χ0) is 54.1. The van der Waals surface area contributed by atoms with E-state index in [0.29, 0.717) is 0 Å². The van der Waals surface area contributed by atoms with E-state index in [1.807, 2.05) is 0 Å². The minimum atomic E-state index is 0. The molecule has 2 aromatic rings. The van der Waals surface area contributed by atoms with Gasteiger partial charge in [0.25, 0.3) is 0 Å². The first-order chi connectivity index (χ1) is 37.7. The van der Waals surface area contributed by atoms with Crippen LogP contribution in [-0.2, 0) is 29.3 Å². The maximum absolute atomic E-state index is 5.54. The van der Waals surface area contributed by atoms with Crippen molar-refractivity contribution in [2.75, 3.05) is 0 Å². The second-order valence-corrected chi connectivity index (χ2v) is 22.9. The van der Waals surface area contributed by atoms with Gasteiger partial charge in [-0.3, -0.25) is 4.99 Å². The molecule has 0 heterocycles. The Morgan fingerprint density at radius 2 is 0.636 bits per heavy atom. The first-order valence-corrected chi connectivity index (χ1v) is 33.6. The van der Waals surface area contributed by atoms with E-state index in [0.717, 1.165) is 99.8 Å². The number of hydrogen-bond acceptors (Lipinski definition) is 2. The Kier molecular flexibility index (Phi) is 54.2. The summed E-state index contributed by atoms with van der Waals surface area (Å²) in [6.07, 6.45) is 70.0. The molecule has 0 N–H and O–H groups in total. The minimum absolute atomic E-state index is 0. The van der Waals surface area contributed by atoms with E-state index in [9.17, 15) is 0 Å². The molecule has 0 spiro atoms. The summed E-state index contributed by atoms with van der Waals surface area (Å²) in [4.78, 5) is 11.1. The third-order valence-corrected chi connectivity index (χ3v) is 15.6. The van der Waals surface area contributed by atoms with Crippen LogP contribution in [0.3, 0.4) is 0 Å². The van der Waals surface area contributed by atoms with Gasteiger partial charge in [0.15, 0.2) is 0 Å². The van der Waals surface area contributed by atoms with Crippen LogP contribution in [0, 0.1) is 23.7 Å². The molecule has 0 amide bonds. The summed E-state index contributed by atoms with van der Waals surface area (Å²) in [6, 6.07) is 17.7. The minimum Gasteiger partial charge on any atom is -0.251 e. The van der Waals surface area contributed by atoms with Gasteiger partial charge in [-0.25, -0.2) is 4.99 Å². The van der Waals surface area contributed by atoms with E-state index in [1.54, 1.807) is 0 Å². The third-order valence-electron chi connectivity index (χ3n) is 15.6. The van der Waals surface area contributed by atoms with Gasteiger partial charge < -0.3 is 0 Å². The Labute approximate surface area is 490 Å². The van der Waals surface area contributed by atoms with Crippen molar-refractivity contribution in [3.63, 3.8) is 0 Å². The van der Waals surface area contributed by atoms with Crippen molar-refractivity contribution in [3.05, 3.63) is 71.8 Å². The molecule has 438 valence electrons. The number of hydrogen-bond donors (Lipinski definition) is 0. The molecule has 0 aliphatic rings. The average Bonchev–Trinajstić information content (AvgIpc) is 3.44. The molecular weight excluding hydrogens is 976 g/mol. The van der Waals surface area contributed by atoms with E-state index in [-0.39, 0.29) is 16.5 Å². The topological polar surface area (TPSA) is 24.7 Å². The van der Waals surface area contributed by atoms with E-state index in [1.165, 1.54) is 255 Å².